The fourth-order valence-corrected chi connectivity index (χ4v) is 1.44. The van der Waals surface area contributed by atoms with Crippen molar-refractivity contribution >= 4 is 5.84 Å². The van der Waals surface area contributed by atoms with Gasteiger partial charge in [-0.2, -0.15) is 0 Å². The van der Waals surface area contributed by atoms with E-state index in [-0.39, 0.29) is 5.84 Å². The Morgan fingerprint density at radius 2 is 2.06 bits per heavy atom. The molecule has 0 aliphatic rings. The van der Waals surface area contributed by atoms with Crippen LogP contribution in [0.4, 0.5) is 0 Å². The second-order valence-corrected chi connectivity index (χ2v) is 3.63. The first-order valence-corrected chi connectivity index (χ1v) is 5.06. The summed E-state index contributed by atoms with van der Waals surface area (Å²) in [6, 6.07) is 6.63. The zero-order valence-electron chi connectivity index (χ0n) is 8.93. The third-order valence-electron chi connectivity index (χ3n) is 2.37. The summed E-state index contributed by atoms with van der Waals surface area (Å²) in [4.78, 5) is 0. The molecule has 88 valence electrons. The van der Waals surface area contributed by atoms with E-state index in [1.165, 1.54) is 0 Å². The van der Waals surface area contributed by atoms with E-state index in [4.69, 9.17) is 16.9 Å². The SMILES string of the molecule is N=C(N)c1cccc(C(O)C(O)CCN)c1. The molecule has 0 aromatic heterocycles. The van der Waals surface area contributed by atoms with Crippen LogP contribution in [0.2, 0.25) is 0 Å². The van der Waals surface area contributed by atoms with E-state index in [9.17, 15) is 10.2 Å². The maximum atomic E-state index is 9.81. The summed E-state index contributed by atoms with van der Waals surface area (Å²) in [7, 11) is 0. The summed E-state index contributed by atoms with van der Waals surface area (Å²) < 4.78 is 0. The predicted molar refractivity (Wildman–Crippen MR) is 62.1 cm³/mol. The normalized spacial score (nSPS) is 14.4. The van der Waals surface area contributed by atoms with Gasteiger partial charge in [-0.25, -0.2) is 0 Å². The van der Waals surface area contributed by atoms with E-state index < -0.39 is 12.2 Å². The molecular weight excluding hydrogens is 206 g/mol. The van der Waals surface area contributed by atoms with Gasteiger partial charge in [0.05, 0.1) is 6.10 Å². The molecular formula is C11H17N3O2. The van der Waals surface area contributed by atoms with E-state index >= 15 is 0 Å². The molecule has 1 aromatic carbocycles. The van der Waals surface area contributed by atoms with Gasteiger partial charge in [-0.15, -0.1) is 0 Å². The van der Waals surface area contributed by atoms with Gasteiger partial charge in [-0.1, -0.05) is 18.2 Å². The van der Waals surface area contributed by atoms with Crippen LogP contribution in [0.25, 0.3) is 0 Å². The van der Waals surface area contributed by atoms with Gasteiger partial charge in [0.15, 0.2) is 0 Å². The first-order chi connectivity index (χ1) is 7.56. The Hall–Kier alpha value is -1.43. The average Bonchev–Trinajstić information content (AvgIpc) is 2.28. The molecule has 0 spiro atoms. The molecule has 5 nitrogen and oxygen atoms in total. The molecule has 0 bridgehead atoms. The van der Waals surface area contributed by atoms with Crippen LogP contribution in [0.1, 0.15) is 23.7 Å². The average molecular weight is 223 g/mol. The molecule has 0 radical (unpaired) electrons. The van der Waals surface area contributed by atoms with Gasteiger partial charge in [0, 0.05) is 5.56 Å². The smallest absolute Gasteiger partial charge is 0.122 e. The highest BCUT2D eigenvalue weighted by Gasteiger charge is 2.17. The molecule has 0 amide bonds. The fourth-order valence-electron chi connectivity index (χ4n) is 1.44. The van der Waals surface area contributed by atoms with Gasteiger partial charge in [0.2, 0.25) is 0 Å². The minimum atomic E-state index is -0.997. The summed E-state index contributed by atoms with van der Waals surface area (Å²) in [6.07, 6.45) is -1.57. The summed E-state index contributed by atoms with van der Waals surface area (Å²) in [5.41, 5.74) is 11.7. The lowest BCUT2D eigenvalue weighted by molar-refractivity contribution is 0.0150. The molecule has 1 aromatic rings. The number of nitrogen functional groups attached to an aromatic ring is 1. The van der Waals surface area contributed by atoms with Crippen LogP contribution in [0.3, 0.4) is 0 Å². The number of aliphatic hydroxyl groups is 2. The molecule has 0 saturated heterocycles. The first kappa shape index (κ1) is 12.6. The second-order valence-electron chi connectivity index (χ2n) is 3.63. The monoisotopic (exact) mass is 223 g/mol. The fraction of sp³-hybridized carbons (Fsp3) is 0.364. The Kier molecular flexibility index (Phi) is 4.42. The number of nitrogens with one attached hydrogen (secondary N) is 1. The third-order valence-corrected chi connectivity index (χ3v) is 2.37. The number of nitrogens with two attached hydrogens (primary N) is 2. The van der Waals surface area contributed by atoms with Gasteiger partial charge >= 0.3 is 0 Å². The van der Waals surface area contributed by atoms with Gasteiger partial charge in [0.1, 0.15) is 11.9 Å². The van der Waals surface area contributed by atoms with Crippen LogP contribution in [0, 0.1) is 5.41 Å². The molecule has 16 heavy (non-hydrogen) atoms. The summed E-state index contributed by atoms with van der Waals surface area (Å²) in [5, 5.41) is 26.7. The van der Waals surface area contributed by atoms with Crippen molar-refractivity contribution in [3.63, 3.8) is 0 Å². The molecule has 2 unspecified atom stereocenters. The Labute approximate surface area is 94.2 Å². The zero-order chi connectivity index (χ0) is 12.1. The van der Waals surface area contributed by atoms with Crippen molar-refractivity contribution < 1.29 is 10.2 Å². The Balaban J connectivity index is 2.86. The number of hydrogen-bond donors (Lipinski definition) is 5. The highest BCUT2D eigenvalue weighted by Crippen LogP contribution is 2.19. The highest BCUT2D eigenvalue weighted by molar-refractivity contribution is 5.95. The molecule has 0 aliphatic heterocycles. The minimum absolute atomic E-state index is 0.0673. The molecule has 1 rings (SSSR count). The van der Waals surface area contributed by atoms with Crippen molar-refractivity contribution in [3.05, 3.63) is 35.4 Å². The van der Waals surface area contributed by atoms with Crippen molar-refractivity contribution in [3.8, 4) is 0 Å². The van der Waals surface area contributed by atoms with Crippen molar-refractivity contribution in [1.29, 1.82) is 5.41 Å². The molecule has 0 saturated carbocycles. The Morgan fingerprint density at radius 3 is 2.62 bits per heavy atom. The quantitative estimate of drug-likeness (QED) is 0.348. The molecule has 5 heteroatoms. The van der Waals surface area contributed by atoms with Crippen molar-refractivity contribution in [2.75, 3.05) is 6.54 Å². The number of rotatable bonds is 5. The van der Waals surface area contributed by atoms with Gasteiger partial charge in [0.25, 0.3) is 0 Å². The van der Waals surface area contributed by atoms with Crippen LogP contribution >= 0.6 is 0 Å². The van der Waals surface area contributed by atoms with E-state index in [0.29, 0.717) is 24.1 Å². The van der Waals surface area contributed by atoms with Gasteiger partial charge in [-0.05, 0) is 24.6 Å². The topological polar surface area (TPSA) is 116 Å². The van der Waals surface area contributed by atoms with Crippen LogP contribution in [0.15, 0.2) is 24.3 Å². The van der Waals surface area contributed by atoms with Crippen molar-refractivity contribution in [2.45, 2.75) is 18.6 Å². The molecule has 7 N–H and O–H groups in total. The van der Waals surface area contributed by atoms with Crippen LogP contribution in [0.5, 0.6) is 0 Å². The minimum Gasteiger partial charge on any atom is -0.390 e. The van der Waals surface area contributed by atoms with Gasteiger partial charge in [-0.3, -0.25) is 5.41 Å². The number of amidine groups is 1. The van der Waals surface area contributed by atoms with Crippen LogP contribution in [-0.2, 0) is 0 Å². The van der Waals surface area contributed by atoms with E-state index in [0.717, 1.165) is 0 Å². The number of benzene rings is 1. The van der Waals surface area contributed by atoms with Crippen molar-refractivity contribution in [1.82, 2.24) is 0 Å². The summed E-state index contributed by atoms with van der Waals surface area (Å²) in [5.74, 6) is -0.0673. The van der Waals surface area contributed by atoms with Crippen LogP contribution < -0.4 is 11.5 Å². The van der Waals surface area contributed by atoms with E-state index in [1.807, 2.05) is 0 Å². The summed E-state index contributed by atoms with van der Waals surface area (Å²) >= 11 is 0. The lowest BCUT2D eigenvalue weighted by Crippen LogP contribution is -2.22. The Bertz CT molecular complexity index is 368. The van der Waals surface area contributed by atoms with E-state index in [2.05, 4.69) is 0 Å². The van der Waals surface area contributed by atoms with Crippen LogP contribution in [-0.4, -0.2) is 28.7 Å². The highest BCUT2D eigenvalue weighted by atomic mass is 16.3. The lowest BCUT2D eigenvalue weighted by Gasteiger charge is -2.17. The Morgan fingerprint density at radius 1 is 1.38 bits per heavy atom. The second kappa shape index (κ2) is 5.60. The maximum absolute atomic E-state index is 9.81. The predicted octanol–water partition coefficient (Wildman–Crippen LogP) is -0.286. The third kappa shape index (κ3) is 3.03. The lowest BCUT2D eigenvalue weighted by atomic mass is 10.00. The molecule has 0 aliphatic carbocycles. The summed E-state index contributed by atoms with van der Waals surface area (Å²) in [6.45, 7) is 0.310. The molecule has 2 atom stereocenters. The number of aliphatic hydroxyl groups excluding tert-OH is 2. The number of hydrogen-bond acceptors (Lipinski definition) is 4. The van der Waals surface area contributed by atoms with Gasteiger partial charge < -0.3 is 21.7 Å². The molecule has 0 fully saturated rings. The maximum Gasteiger partial charge on any atom is 0.122 e. The first-order valence-electron chi connectivity index (χ1n) is 5.06. The zero-order valence-corrected chi connectivity index (χ0v) is 8.93. The van der Waals surface area contributed by atoms with E-state index in [1.54, 1.807) is 24.3 Å². The molecule has 0 heterocycles. The van der Waals surface area contributed by atoms with Crippen molar-refractivity contribution in [2.24, 2.45) is 11.5 Å². The standard InChI is InChI=1S/C11H17N3O2/c12-5-4-9(15)10(16)7-2-1-3-8(6-7)11(13)14/h1-3,6,9-10,15-16H,4-5,12H2,(H3,13,14). The largest absolute Gasteiger partial charge is 0.390 e.